The quantitative estimate of drug-likeness (QED) is 0.704. The summed E-state index contributed by atoms with van der Waals surface area (Å²) in [4.78, 5) is 27.3. The van der Waals surface area contributed by atoms with Crippen LogP contribution in [0, 0.1) is 12.8 Å². The van der Waals surface area contributed by atoms with Crippen molar-refractivity contribution in [2.24, 2.45) is 5.92 Å². The van der Waals surface area contributed by atoms with Gasteiger partial charge in [0.15, 0.2) is 0 Å². The standard InChI is InChI=1S/C25H31N3O4S/c1-19-6-12-23(13-7-19)33(31,32)28-16-4-5-21(18-28)25(30)26-22-10-8-20(9-11-22)17-24(29)27-14-2-3-15-27/h6-13,21H,2-5,14-18H2,1H3,(H,26,30)/t21-/m1/s1. The molecule has 1 N–H and O–H groups in total. The van der Waals surface area contributed by atoms with Gasteiger partial charge in [-0.3, -0.25) is 9.59 Å². The second kappa shape index (κ2) is 10.1. The zero-order chi connectivity index (χ0) is 23.4. The van der Waals surface area contributed by atoms with Crippen molar-refractivity contribution < 1.29 is 18.0 Å². The van der Waals surface area contributed by atoms with Crippen LogP contribution in [0.5, 0.6) is 0 Å². The summed E-state index contributed by atoms with van der Waals surface area (Å²) in [5.41, 5.74) is 2.56. The molecule has 2 fully saturated rings. The second-order valence-corrected chi connectivity index (χ2v) is 10.9. The molecule has 1 atom stereocenters. The lowest BCUT2D eigenvalue weighted by Crippen LogP contribution is -2.43. The van der Waals surface area contributed by atoms with E-state index in [2.05, 4.69) is 5.32 Å². The molecular weight excluding hydrogens is 438 g/mol. The van der Waals surface area contributed by atoms with Gasteiger partial charge >= 0.3 is 0 Å². The van der Waals surface area contributed by atoms with Crippen molar-refractivity contribution in [2.45, 2.75) is 43.9 Å². The lowest BCUT2D eigenvalue weighted by molar-refractivity contribution is -0.129. The van der Waals surface area contributed by atoms with E-state index in [0.29, 0.717) is 31.5 Å². The van der Waals surface area contributed by atoms with Gasteiger partial charge < -0.3 is 10.2 Å². The number of sulfonamides is 1. The molecule has 2 amide bonds. The highest BCUT2D eigenvalue weighted by atomic mass is 32.2. The van der Waals surface area contributed by atoms with Crippen molar-refractivity contribution in [3.63, 3.8) is 0 Å². The van der Waals surface area contributed by atoms with Crippen LogP contribution in [0.15, 0.2) is 53.4 Å². The summed E-state index contributed by atoms with van der Waals surface area (Å²) in [7, 11) is -3.62. The summed E-state index contributed by atoms with van der Waals surface area (Å²) >= 11 is 0. The van der Waals surface area contributed by atoms with Crippen LogP contribution in [0.2, 0.25) is 0 Å². The zero-order valence-electron chi connectivity index (χ0n) is 19.0. The second-order valence-electron chi connectivity index (χ2n) is 8.97. The van der Waals surface area contributed by atoms with Crippen molar-refractivity contribution in [3.05, 3.63) is 59.7 Å². The molecule has 2 heterocycles. The predicted octanol–water partition coefficient (Wildman–Crippen LogP) is 3.20. The minimum absolute atomic E-state index is 0.140. The fourth-order valence-electron chi connectivity index (χ4n) is 4.44. The number of nitrogens with zero attached hydrogens (tertiary/aromatic N) is 2. The summed E-state index contributed by atoms with van der Waals surface area (Å²) in [6.07, 6.45) is 3.79. The normalized spacial score (nSPS) is 19.4. The molecule has 0 aliphatic carbocycles. The van der Waals surface area contributed by atoms with Gasteiger partial charge in [0.2, 0.25) is 21.8 Å². The van der Waals surface area contributed by atoms with E-state index in [1.54, 1.807) is 36.4 Å². The molecule has 0 aromatic heterocycles. The molecule has 2 aliphatic rings. The Balaban J connectivity index is 1.35. The van der Waals surface area contributed by atoms with Gasteiger partial charge in [-0.15, -0.1) is 0 Å². The average molecular weight is 470 g/mol. The third-order valence-corrected chi connectivity index (χ3v) is 8.33. The smallest absolute Gasteiger partial charge is 0.243 e. The number of piperidine rings is 1. The Bertz CT molecular complexity index is 1090. The first kappa shape index (κ1) is 23.4. The molecule has 0 bridgehead atoms. The Morgan fingerprint density at radius 1 is 0.939 bits per heavy atom. The van der Waals surface area contributed by atoms with Crippen molar-refractivity contribution in [3.8, 4) is 0 Å². The number of aryl methyl sites for hydroxylation is 1. The molecule has 0 spiro atoms. The monoisotopic (exact) mass is 469 g/mol. The van der Waals surface area contributed by atoms with Crippen LogP contribution in [0.25, 0.3) is 0 Å². The Labute approximate surface area is 195 Å². The number of benzene rings is 2. The van der Waals surface area contributed by atoms with Crippen LogP contribution in [-0.2, 0) is 26.0 Å². The molecule has 4 rings (SSSR count). The molecule has 0 saturated carbocycles. The highest BCUT2D eigenvalue weighted by molar-refractivity contribution is 7.89. The SMILES string of the molecule is Cc1ccc(S(=O)(=O)N2CCC[C@@H](C(=O)Nc3ccc(CC(=O)N4CCCC4)cc3)C2)cc1. The summed E-state index contributed by atoms with van der Waals surface area (Å²) in [5.74, 6) is -0.448. The third-order valence-electron chi connectivity index (χ3n) is 6.45. The lowest BCUT2D eigenvalue weighted by Gasteiger charge is -2.31. The topological polar surface area (TPSA) is 86.8 Å². The Morgan fingerprint density at radius 2 is 1.61 bits per heavy atom. The predicted molar refractivity (Wildman–Crippen MR) is 127 cm³/mol. The first-order chi connectivity index (χ1) is 15.8. The number of rotatable bonds is 6. The minimum Gasteiger partial charge on any atom is -0.342 e. The molecule has 7 nitrogen and oxygen atoms in total. The summed E-state index contributed by atoms with van der Waals surface area (Å²) in [6.45, 7) is 4.18. The van der Waals surface area contributed by atoms with Gasteiger partial charge in [0, 0.05) is 31.9 Å². The third kappa shape index (κ3) is 5.62. The van der Waals surface area contributed by atoms with Crippen LogP contribution in [0.3, 0.4) is 0 Å². The van der Waals surface area contributed by atoms with E-state index < -0.39 is 15.9 Å². The fraction of sp³-hybridized carbons (Fsp3) is 0.440. The van der Waals surface area contributed by atoms with Crippen LogP contribution >= 0.6 is 0 Å². The van der Waals surface area contributed by atoms with Crippen LogP contribution in [0.1, 0.15) is 36.8 Å². The van der Waals surface area contributed by atoms with Gasteiger partial charge in [0.25, 0.3) is 0 Å². The highest BCUT2D eigenvalue weighted by Crippen LogP contribution is 2.25. The molecule has 0 unspecified atom stereocenters. The number of likely N-dealkylation sites (tertiary alicyclic amines) is 1. The van der Waals surface area contributed by atoms with Gasteiger partial charge in [-0.25, -0.2) is 8.42 Å². The van der Waals surface area contributed by atoms with E-state index >= 15 is 0 Å². The Morgan fingerprint density at radius 3 is 2.27 bits per heavy atom. The highest BCUT2D eigenvalue weighted by Gasteiger charge is 2.33. The van der Waals surface area contributed by atoms with Crippen LogP contribution in [0.4, 0.5) is 5.69 Å². The maximum absolute atomic E-state index is 13.0. The number of amides is 2. The van der Waals surface area contributed by atoms with Crippen LogP contribution < -0.4 is 5.32 Å². The maximum Gasteiger partial charge on any atom is 0.243 e. The first-order valence-electron chi connectivity index (χ1n) is 11.6. The molecule has 2 aromatic rings. The maximum atomic E-state index is 13.0. The summed E-state index contributed by atoms with van der Waals surface area (Å²) in [5, 5.41) is 2.91. The van der Waals surface area contributed by atoms with Crippen molar-refractivity contribution in [1.82, 2.24) is 9.21 Å². The van der Waals surface area contributed by atoms with E-state index in [0.717, 1.165) is 37.1 Å². The van der Waals surface area contributed by atoms with Crippen LogP contribution in [-0.4, -0.2) is 55.6 Å². The van der Waals surface area contributed by atoms with Gasteiger partial charge in [-0.1, -0.05) is 29.8 Å². The largest absolute Gasteiger partial charge is 0.342 e. The Hall–Kier alpha value is -2.71. The molecule has 2 aromatic carbocycles. The average Bonchev–Trinajstić information content (AvgIpc) is 3.36. The van der Waals surface area contributed by atoms with E-state index in [4.69, 9.17) is 0 Å². The number of nitrogens with one attached hydrogen (secondary N) is 1. The van der Waals surface area contributed by atoms with Gasteiger partial charge in [0.05, 0.1) is 17.2 Å². The number of anilines is 1. The molecule has 176 valence electrons. The first-order valence-corrected chi connectivity index (χ1v) is 13.0. The zero-order valence-corrected chi connectivity index (χ0v) is 19.8. The van der Waals surface area contributed by atoms with Crippen molar-refractivity contribution in [2.75, 3.05) is 31.5 Å². The van der Waals surface area contributed by atoms with Gasteiger partial charge in [0.1, 0.15) is 0 Å². The molecular formula is C25H31N3O4S. The number of carbonyl (C=O) groups is 2. The van der Waals surface area contributed by atoms with E-state index in [9.17, 15) is 18.0 Å². The van der Waals surface area contributed by atoms with E-state index in [1.165, 1.54) is 4.31 Å². The number of carbonyl (C=O) groups excluding carboxylic acids is 2. The van der Waals surface area contributed by atoms with E-state index in [1.807, 2.05) is 24.0 Å². The van der Waals surface area contributed by atoms with Crippen molar-refractivity contribution in [1.29, 1.82) is 0 Å². The van der Waals surface area contributed by atoms with Gasteiger partial charge in [-0.2, -0.15) is 4.31 Å². The van der Waals surface area contributed by atoms with Crippen molar-refractivity contribution >= 4 is 27.5 Å². The van der Waals surface area contributed by atoms with Gasteiger partial charge in [-0.05, 0) is 62.4 Å². The molecule has 2 aliphatic heterocycles. The number of hydrogen-bond donors (Lipinski definition) is 1. The summed E-state index contributed by atoms with van der Waals surface area (Å²) < 4.78 is 27.4. The van der Waals surface area contributed by atoms with E-state index in [-0.39, 0.29) is 23.3 Å². The fourth-order valence-corrected chi connectivity index (χ4v) is 5.96. The Kier molecular flexibility index (Phi) is 7.14. The minimum atomic E-state index is -3.62. The lowest BCUT2D eigenvalue weighted by atomic mass is 9.98. The molecule has 8 heteroatoms. The molecule has 2 saturated heterocycles. The molecule has 33 heavy (non-hydrogen) atoms. The summed E-state index contributed by atoms with van der Waals surface area (Å²) in [6, 6.07) is 14.1. The number of hydrogen-bond acceptors (Lipinski definition) is 4. The molecule has 0 radical (unpaired) electrons.